The summed E-state index contributed by atoms with van der Waals surface area (Å²) in [6, 6.07) is 0.440. The van der Waals surface area contributed by atoms with E-state index >= 15 is 0 Å². The lowest BCUT2D eigenvalue weighted by atomic mass is 10.0. The summed E-state index contributed by atoms with van der Waals surface area (Å²) in [4.78, 5) is 43.0. The van der Waals surface area contributed by atoms with Gasteiger partial charge in [0, 0.05) is 36.8 Å². The number of carboxylic acid groups (broad SMARTS) is 2. The molecule has 0 aliphatic carbocycles. The molecular formula is C22H40N4O6S. The number of unbranched alkanes of at least 4 members (excludes halogenated alkanes) is 5. The van der Waals surface area contributed by atoms with Gasteiger partial charge in [0.15, 0.2) is 0 Å². The maximum absolute atomic E-state index is 11.3. The number of carbonyl (C=O) groups excluding carboxylic acids is 2. The second-order valence-corrected chi connectivity index (χ2v) is 9.69. The standard InChI is InChI=1S/C12H24N2O3.C10H16N2O3S/c13-9-5-1-3-7-11(15)14-10-6-2-4-8-12(16)17;13-8(14)4-2-1-3-7-9-6(5-16-7)11-10(15)12-9/h1-10,13H2,(H,14,15)(H,16,17);6-7,9H,1-5H2,(H,13,14)(H2,11,12,15)/t;6-,7-,9-/m.0/s1. The van der Waals surface area contributed by atoms with Crippen LogP contribution in [0.2, 0.25) is 0 Å². The first kappa shape index (κ1) is 29.0. The van der Waals surface area contributed by atoms with Crippen molar-refractivity contribution in [3.63, 3.8) is 0 Å². The summed E-state index contributed by atoms with van der Waals surface area (Å²) >= 11 is 1.87. The number of amides is 3. The first-order valence-electron chi connectivity index (χ1n) is 11.9. The van der Waals surface area contributed by atoms with Gasteiger partial charge in [-0.2, -0.15) is 11.8 Å². The van der Waals surface area contributed by atoms with Gasteiger partial charge < -0.3 is 31.9 Å². The predicted octanol–water partition coefficient (Wildman–Crippen LogP) is 2.06. The van der Waals surface area contributed by atoms with Gasteiger partial charge in [0.2, 0.25) is 5.91 Å². The highest BCUT2D eigenvalue weighted by Gasteiger charge is 2.42. The van der Waals surface area contributed by atoms with Crippen LogP contribution in [0.15, 0.2) is 0 Å². The van der Waals surface area contributed by atoms with Gasteiger partial charge in [0.25, 0.3) is 0 Å². The normalized spacial score (nSPS) is 20.8. The molecule has 33 heavy (non-hydrogen) atoms. The first-order chi connectivity index (χ1) is 15.8. The molecule has 3 amide bonds. The number of aliphatic carboxylic acids is 2. The van der Waals surface area contributed by atoms with Crippen molar-refractivity contribution in [2.75, 3.05) is 18.8 Å². The molecule has 11 heteroatoms. The van der Waals surface area contributed by atoms with Gasteiger partial charge in [-0.05, 0) is 45.1 Å². The minimum absolute atomic E-state index is 0.0640. The molecule has 0 unspecified atom stereocenters. The van der Waals surface area contributed by atoms with Crippen LogP contribution in [-0.2, 0) is 14.4 Å². The maximum atomic E-state index is 11.3. The molecule has 0 radical (unpaired) electrons. The summed E-state index contributed by atoms with van der Waals surface area (Å²) < 4.78 is 0. The monoisotopic (exact) mass is 488 g/mol. The number of hydrogen-bond acceptors (Lipinski definition) is 6. The van der Waals surface area contributed by atoms with Crippen LogP contribution in [0, 0.1) is 0 Å². The van der Waals surface area contributed by atoms with Crippen molar-refractivity contribution in [1.29, 1.82) is 0 Å². The van der Waals surface area contributed by atoms with Crippen molar-refractivity contribution in [1.82, 2.24) is 16.0 Å². The Morgan fingerprint density at radius 2 is 1.55 bits per heavy atom. The van der Waals surface area contributed by atoms with Crippen molar-refractivity contribution in [2.24, 2.45) is 5.73 Å². The third-order valence-electron chi connectivity index (χ3n) is 5.56. The molecule has 0 aromatic carbocycles. The zero-order valence-corrected chi connectivity index (χ0v) is 20.2. The number of carbonyl (C=O) groups is 4. The van der Waals surface area contributed by atoms with E-state index < -0.39 is 11.9 Å². The van der Waals surface area contributed by atoms with Crippen molar-refractivity contribution in [2.45, 2.75) is 94.4 Å². The number of nitrogens with one attached hydrogen (secondary N) is 3. The van der Waals surface area contributed by atoms with E-state index in [-0.39, 0.29) is 36.9 Å². The molecule has 10 nitrogen and oxygen atoms in total. The Balaban J connectivity index is 0.000000330. The van der Waals surface area contributed by atoms with Crippen LogP contribution < -0.4 is 21.7 Å². The van der Waals surface area contributed by atoms with Gasteiger partial charge >= 0.3 is 18.0 Å². The summed E-state index contributed by atoms with van der Waals surface area (Å²) in [5.74, 6) is -0.436. The van der Waals surface area contributed by atoms with E-state index in [2.05, 4.69) is 16.0 Å². The van der Waals surface area contributed by atoms with Crippen LogP contribution in [0.25, 0.3) is 0 Å². The minimum Gasteiger partial charge on any atom is -0.481 e. The molecule has 0 aromatic rings. The van der Waals surface area contributed by atoms with Crippen LogP contribution >= 0.6 is 11.8 Å². The van der Waals surface area contributed by atoms with Crippen LogP contribution in [0.1, 0.15) is 77.0 Å². The van der Waals surface area contributed by atoms with E-state index in [0.717, 1.165) is 57.1 Å². The summed E-state index contributed by atoms with van der Waals surface area (Å²) in [6.45, 7) is 1.33. The van der Waals surface area contributed by atoms with E-state index in [1.54, 1.807) is 0 Å². The van der Waals surface area contributed by atoms with Gasteiger partial charge in [-0.1, -0.05) is 19.3 Å². The van der Waals surface area contributed by atoms with Gasteiger partial charge in [-0.15, -0.1) is 0 Å². The average Bonchev–Trinajstić information content (AvgIpc) is 3.30. The molecule has 2 fully saturated rings. The summed E-state index contributed by atoms with van der Waals surface area (Å²) in [6.07, 6.45) is 8.91. The molecule has 3 atom stereocenters. The Morgan fingerprint density at radius 3 is 2.21 bits per heavy atom. The number of carboxylic acids is 2. The van der Waals surface area contributed by atoms with Crippen molar-refractivity contribution in [3.05, 3.63) is 0 Å². The summed E-state index contributed by atoms with van der Waals surface area (Å²) in [5, 5.41) is 26.0. The van der Waals surface area contributed by atoms with E-state index in [0.29, 0.717) is 31.2 Å². The molecule has 2 aliphatic heterocycles. The molecule has 0 saturated carbocycles. The second kappa shape index (κ2) is 17.5. The maximum Gasteiger partial charge on any atom is 0.315 e. The Kier molecular flexibility index (Phi) is 15.4. The highest BCUT2D eigenvalue weighted by Crippen LogP contribution is 2.33. The Hall–Kier alpha value is -2.01. The van der Waals surface area contributed by atoms with Crippen LogP contribution in [0.3, 0.4) is 0 Å². The third kappa shape index (κ3) is 14.0. The lowest BCUT2D eigenvalue weighted by Crippen LogP contribution is -2.36. The van der Waals surface area contributed by atoms with Gasteiger partial charge in [0.05, 0.1) is 12.1 Å². The minimum atomic E-state index is -0.756. The Labute approximate surface area is 200 Å². The fraction of sp³-hybridized carbons (Fsp3) is 0.818. The largest absolute Gasteiger partial charge is 0.481 e. The highest BCUT2D eigenvalue weighted by atomic mass is 32.2. The van der Waals surface area contributed by atoms with Crippen LogP contribution in [0.4, 0.5) is 4.79 Å². The van der Waals surface area contributed by atoms with E-state index in [4.69, 9.17) is 15.9 Å². The molecule has 2 saturated heterocycles. The smallest absolute Gasteiger partial charge is 0.315 e. The molecule has 0 spiro atoms. The molecule has 2 heterocycles. The van der Waals surface area contributed by atoms with Crippen molar-refractivity contribution in [3.8, 4) is 0 Å². The third-order valence-corrected chi connectivity index (χ3v) is 7.07. The SMILES string of the molecule is NCCCCCC(=O)NCCCCCC(=O)O.O=C(O)CCCC[C@@H]1SC[C@@H]2NC(=O)N[C@@H]21. The van der Waals surface area contributed by atoms with E-state index in [1.165, 1.54) is 0 Å². The van der Waals surface area contributed by atoms with Gasteiger partial charge in [-0.3, -0.25) is 14.4 Å². The summed E-state index contributed by atoms with van der Waals surface area (Å²) in [7, 11) is 0. The van der Waals surface area contributed by atoms with Crippen molar-refractivity contribution < 1.29 is 29.4 Å². The number of thioether (sulfide) groups is 1. The molecule has 2 rings (SSSR count). The lowest BCUT2D eigenvalue weighted by molar-refractivity contribution is -0.138. The average molecular weight is 489 g/mol. The molecule has 0 bridgehead atoms. The highest BCUT2D eigenvalue weighted by molar-refractivity contribution is 8.00. The quantitative estimate of drug-likeness (QED) is 0.142. The van der Waals surface area contributed by atoms with E-state index in [1.807, 2.05) is 11.8 Å². The molecular weight excluding hydrogens is 448 g/mol. The second-order valence-electron chi connectivity index (χ2n) is 8.42. The van der Waals surface area contributed by atoms with Crippen LogP contribution in [-0.4, -0.2) is 70.3 Å². The number of urea groups is 1. The first-order valence-corrected chi connectivity index (χ1v) is 13.0. The zero-order valence-electron chi connectivity index (χ0n) is 19.4. The van der Waals surface area contributed by atoms with Gasteiger partial charge in [0.1, 0.15) is 0 Å². The zero-order chi connectivity index (χ0) is 24.5. The van der Waals surface area contributed by atoms with Gasteiger partial charge in [-0.25, -0.2) is 4.79 Å². The van der Waals surface area contributed by atoms with E-state index in [9.17, 15) is 19.2 Å². The number of hydrogen-bond donors (Lipinski definition) is 6. The number of fused-ring (bicyclic) bond motifs is 1. The molecule has 0 aromatic heterocycles. The van der Waals surface area contributed by atoms with Crippen LogP contribution in [0.5, 0.6) is 0 Å². The predicted molar refractivity (Wildman–Crippen MR) is 128 cm³/mol. The van der Waals surface area contributed by atoms with Crippen molar-refractivity contribution >= 4 is 35.6 Å². The fourth-order valence-corrected chi connectivity index (χ4v) is 5.31. The molecule has 190 valence electrons. The Morgan fingerprint density at radius 1 is 0.909 bits per heavy atom. The Bertz CT molecular complexity index is 622. The number of rotatable bonds is 16. The molecule has 7 N–H and O–H groups in total. The lowest BCUT2D eigenvalue weighted by Gasteiger charge is -2.16. The summed E-state index contributed by atoms with van der Waals surface area (Å²) in [5.41, 5.74) is 5.35. The number of nitrogens with two attached hydrogens (primary N) is 1. The topological polar surface area (TPSA) is 171 Å². The fourth-order valence-electron chi connectivity index (χ4n) is 3.77. The molecule has 2 aliphatic rings.